The van der Waals surface area contributed by atoms with Gasteiger partial charge in [0.2, 0.25) is 0 Å². The highest BCUT2D eigenvalue weighted by atomic mass is 16.5. The summed E-state index contributed by atoms with van der Waals surface area (Å²) in [4.78, 5) is 2.09. The monoisotopic (exact) mass is 264 g/mol. The number of nitrogens with zero attached hydrogens (tertiary/aromatic N) is 1. The summed E-state index contributed by atoms with van der Waals surface area (Å²) in [6.45, 7) is 6.32. The van der Waals surface area contributed by atoms with Gasteiger partial charge in [0.1, 0.15) is 5.75 Å². The topological polar surface area (TPSA) is 24.5 Å². The minimum absolute atomic E-state index is 0.580. The molecule has 0 aliphatic rings. The molecule has 3 heteroatoms. The second-order valence-corrected chi connectivity index (χ2v) is 5.24. The fourth-order valence-corrected chi connectivity index (χ4v) is 1.92. The molecule has 1 rings (SSSR count). The first kappa shape index (κ1) is 15.8. The first-order valence-corrected chi connectivity index (χ1v) is 7.27. The molecule has 0 radical (unpaired) electrons. The van der Waals surface area contributed by atoms with E-state index in [0.717, 1.165) is 31.7 Å². The third kappa shape index (κ3) is 6.48. The molecule has 0 aliphatic carbocycles. The van der Waals surface area contributed by atoms with E-state index in [1.165, 1.54) is 12.1 Å². The fourth-order valence-electron chi connectivity index (χ4n) is 1.92. The summed E-state index contributed by atoms with van der Waals surface area (Å²) in [5.41, 5.74) is 1.18. The second kappa shape index (κ2) is 8.81. The lowest BCUT2D eigenvalue weighted by Crippen LogP contribution is -2.26. The molecular weight excluding hydrogens is 236 g/mol. The summed E-state index contributed by atoms with van der Waals surface area (Å²) in [6.07, 6.45) is 3.44. The Morgan fingerprint density at radius 1 is 1.32 bits per heavy atom. The highest BCUT2D eigenvalue weighted by Gasteiger charge is 2.01. The quantitative estimate of drug-likeness (QED) is 0.693. The molecule has 1 aromatic carbocycles. The van der Waals surface area contributed by atoms with Gasteiger partial charge in [-0.1, -0.05) is 13.0 Å². The summed E-state index contributed by atoms with van der Waals surface area (Å²) >= 11 is 0. The molecule has 1 aromatic rings. The maximum absolute atomic E-state index is 5.80. The van der Waals surface area contributed by atoms with Crippen LogP contribution < -0.4 is 15.0 Å². The van der Waals surface area contributed by atoms with Gasteiger partial charge in [-0.05, 0) is 44.9 Å². The Morgan fingerprint density at radius 3 is 2.79 bits per heavy atom. The fraction of sp³-hybridized carbons (Fsp3) is 0.625. The molecule has 0 saturated heterocycles. The van der Waals surface area contributed by atoms with Crippen LogP contribution in [0.4, 0.5) is 5.69 Å². The van der Waals surface area contributed by atoms with Crippen molar-refractivity contribution >= 4 is 5.69 Å². The van der Waals surface area contributed by atoms with Crippen LogP contribution in [0.1, 0.15) is 33.1 Å². The van der Waals surface area contributed by atoms with Crippen LogP contribution in [-0.2, 0) is 0 Å². The zero-order valence-electron chi connectivity index (χ0n) is 12.8. The Labute approximate surface area is 118 Å². The summed E-state index contributed by atoms with van der Waals surface area (Å²) in [6, 6.07) is 8.81. The van der Waals surface area contributed by atoms with Crippen LogP contribution in [-0.4, -0.2) is 33.3 Å². The van der Waals surface area contributed by atoms with Crippen LogP contribution in [0.5, 0.6) is 5.75 Å². The van der Waals surface area contributed by atoms with Gasteiger partial charge in [0.25, 0.3) is 0 Å². The number of ether oxygens (including phenoxy) is 1. The van der Waals surface area contributed by atoms with E-state index in [0.29, 0.717) is 6.04 Å². The lowest BCUT2D eigenvalue weighted by Gasteiger charge is -2.15. The smallest absolute Gasteiger partial charge is 0.121 e. The molecule has 0 bridgehead atoms. The first-order chi connectivity index (χ1) is 9.13. The summed E-state index contributed by atoms with van der Waals surface area (Å²) < 4.78 is 5.80. The number of benzene rings is 1. The predicted octanol–water partition coefficient (Wildman–Crippen LogP) is 3.30. The lowest BCUT2D eigenvalue weighted by atomic mass is 10.2. The van der Waals surface area contributed by atoms with Crippen LogP contribution in [0.15, 0.2) is 24.3 Å². The van der Waals surface area contributed by atoms with Crippen molar-refractivity contribution in [2.75, 3.05) is 32.1 Å². The van der Waals surface area contributed by atoms with Gasteiger partial charge in [0.05, 0.1) is 6.61 Å². The molecule has 1 unspecified atom stereocenters. The van der Waals surface area contributed by atoms with Crippen molar-refractivity contribution in [3.05, 3.63) is 24.3 Å². The van der Waals surface area contributed by atoms with Crippen molar-refractivity contribution in [1.29, 1.82) is 0 Å². The number of nitrogens with one attached hydrogen (secondary N) is 1. The van der Waals surface area contributed by atoms with Crippen molar-refractivity contribution in [2.45, 2.75) is 39.2 Å². The van der Waals surface area contributed by atoms with E-state index in [2.05, 4.69) is 36.2 Å². The average Bonchev–Trinajstić information content (AvgIpc) is 2.41. The van der Waals surface area contributed by atoms with Gasteiger partial charge < -0.3 is 15.0 Å². The Hall–Kier alpha value is -1.22. The average molecular weight is 264 g/mol. The standard InChI is InChI=1S/C16H28N2O/c1-5-11-17-14(2)8-7-12-19-16-10-6-9-15(13-16)18(3)4/h6,9-10,13-14,17H,5,7-8,11-12H2,1-4H3. The maximum atomic E-state index is 5.80. The van der Waals surface area contributed by atoms with Crippen LogP contribution in [0, 0.1) is 0 Å². The molecule has 0 aliphatic heterocycles. The van der Waals surface area contributed by atoms with Crippen molar-refractivity contribution in [2.24, 2.45) is 0 Å². The third-order valence-electron chi connectivity index (χ3n) is 3.13. The molecule has 0 saturated carbocycles. The minimum atomic E-state index is 0.580. The van der Waals surface area contributed by atoms with Crippen molar-refractivity contribution in [3.63, 3.8) is 0 Å². The Morgan fingerprint density at radius 2 is 2.11 bits per heavy atom. The van der Waals surface area contributed by atoms with Crippen LogP contribution >= 0.6 is 0 Å². The summed E-state index contributed by atoms with van der Waals surface area (Å²) in [5, 5.41) is 3.49. The van der Waals surface area contributed by atoms with E-state index >= 15 is 0 Å². The summed E-state index contributed by atoms with van der Waals surface area (Å²) in [5.74, 6) is 0.959. The number of hydrogen-bond acceptors (Lipinski definition) is 3. The van der Waals surface area contributed by atoms with E-state index in [1.807, 2.05) is 26.2 Å². The largest absolute Gasteiger partial charge is 0.494 e. The van der Waals surface area contributed by atoms with E-state index in [9.17, 15) is 0 Å². The highest BCUT2D eigenvalue weighted by Crippen LogP contribution is 2.19. The van der Waals surface area contributed by atoms with Crippen molar-refractivity contribution in [1.82, 2.24) is 5.32 Å². The van der Waals surface area contributed by atoms with Gasteiger partial charge in [-0.25, -0.2) is 0 Å². The molecule has 0 spiro atoms. The zero-order chi connectivity index (χ0) is 14.1. The van der Waals surface area contributed by atoms with E-state index in [1.54, 1.807) is 0 Å². The molecule has 1 atom stereocenters. The highest BCUT2D eigenvalue weighted by molar-refractivity contribution is 5.49. The number of anilines is 1. The lowest BCUT2D eigenvalue weighted by molar-refractivity contribution is 0.298. The van der Waals surface area contributed by atoms with Gasteiger partial charge >= 0.3 is 0 Å². The third-order valence-corrected chi connectivity index (χ3v) is 3.13. The molecule has 0 aromatic heterocycles. The van der Waals surface area contributed by atoms with E-state index in [-0.39, 0.29) is 0 Å². The molecule has 0 fully saturated rings. The SMILES string of the molecule is CCCNC(C)CCCOc1cccc(N(C)C)c1. The van der Waals surface area contributed by atoms with Crippen molar-refractivity contribution in [3.8, 4) is 5.75 Å². The second-order valence-electron chi connectivity index (χ2n) is 5.24. The number of hydrogen-bond donors (Lipinski definition) is 1. The van der Waals surface area contributed by atoms with Crippen molar-refractivity contribution < 1.29 is 4.74 Å². The Kier molecular flexibility index (Phi) is 7.34. The normalized spacial score (nSPS) is 12.2. The predicted molar refractivity (Wildman–Crippen MR) is 83.3 cm³/mol. The number of rotatable bonds is 9. The molecule has 0 heterocycles. The maximum Gasteiger partial charge on any atom is 0.121 e. The van der Waals surface area contributed by atoms with Crippen LogP contribution in [0.3, 0.4) is 0 Å². The summed E-state index contributed by atoms with van der Waals surface area (Å²) in [7, 11) is 4.08. The van der Waals surface area contributed by atoms with Gasteiger partial charge in [-0.3, -0.25) is 0 Å². The Bertz CT molecular complexity index is 352. The van der Waals surface area contributed by atoms with Gasteiger partial charge in [0, 0.05) is 31.9 Å². The minimum Gasteiger partial charge on any atom is -0.494 e. The molecule has 1 N–H and O–H groups in total. The molecule has 3 nitrogen and oxygen atoms in total. The zero-order valence-corrected chi connectivity index (χ0v) is 12.8. The van der Waals surface area contributed by atoms with E-state index in [4.69, 9.17) is 4.74 Å². The van der Waals surface area contributed by atoms with Gasteiger partial charge in [-0.15, -0.1) is 0 Å². The molecule has 19 heavy (non-hydrogen) atoms. The molecule has 108 valence electrons. The molecular formula is C16H28N2O. The molecule has 0 amide bonds. The van der Waals surface area contributed by atoms with Crippen LogP contribution in [0.25, 0.3) is 0 Å². The first-order valence-electron chi connectivity index (χ1n) is 7.27. The van der Waals surface area contributed by atoms with E-state index < -0.39 is 0 Å². The van der Waals surface area contributed by atoms with Crippen LogP contribution in [0.2, 0.25) is 0 Å². The van der Waals surface area contributed by atoms with Gasteiger partial charge in [-0.2, -0.15) is 0 Å². The van der Waals surface area contributed by atoms with Gasteiger partial charge in [0.15, 0.2) is 0 Å². The Balaban J connectivity index is 2.24.